The molecule has 4 rings (SSSR count). The number of carbonyl (C=O) groups excluding carboxylic acids is 2. The number of halogens is 2. The zero-order valence-corrected chi connectivity index (χ0v) is 20.2. The fourth-order valence-corrected chi connectivity index (χ4v) is 4.43. The molecule has 1 fully saturated rings. The van der Waals surface area contributed by atoms with Gasteiger partial charge >= 0.3 is 11.9 Å². The maximum atomic E-state index is 14.8. The molecule has 0 bridgehead atoms. The summed E-state index contributed by atoms with van der Waals surface area (Å²) in [6, 6.07) is 4.61. The van der Waals surface area contributed by atoms with E-state index in [2.05, 4.69) is 15.3 Å². The summed E-state index contributed by atoms with van der Waals surface area (Å²) < 4.78 is 40.2. The summed E-state index contributed by atoms with van der Waals surface area (Å²) in [5.74, 6) is -4.53. The predicted molar refractivity (Wildman–Crippen MR) is 127 cm³/mol. The molecule has 35 heavy (non-hydrogen) atoms. The number of alkyl halides is 2. The van der Waals surface area contributed by atoms with Crippen LogP contribution in [0.25, 0.3) is 0 Å². The largest absolute Gasteiger partial charge is 0.495 e. The van der Waals surface area contributed by atoms with Crippen molar-refractivity contribution >= 4 is 35.0 Å². The average molecular weight is 490 g/mol. The minimum atomic E-state index is -3.55. The van der Waals surface area contributed by atoms with Gasteiger partial charge in [0.25, 0.3) is 5.91 Å². The Bertz CT molecular complexity index is 1120. The number of fused-ring (bicyclic) bond motifs is 1. The van der Waals surface area contributed by atoms with E-state index >= 15 is 0 Å². The molecule has 0 spiro atoms. The fraction of sp³-hybridized carbons (Fsp3) is 0.500. The van der Waals surface area contributed by atoms with Gasteiger partial charge in [-0.25, -0.2) is 9.78 Å². The van der Waals surface area contributed by atoms with Crippen molar-refractivity contribution in [1.29, 1.82) is 0 Å². The van der Waals surface area contributed by atoms with Crippen LogP contribution in [-0.4, -0.2) is 60.6 Å². The van der Waals surface area contributed by atoms with Gasteiger partial charge in [0, 0.05) is 13.1 Å². The van der Waals surface area contributed by atoms with Crippen molar-refractivity contribution in [1.82, 2.24) is 9.97 Å². The highest BCUT2D eigenvalue weighted by atomic mass is 19.3. The molecule has 188 valence electrons. The van der Waals surface area contributed by atoms with Crippen LogP contribution in [0.5, 0.6) is 5.75 Å². The molecule has 1 aromatic carbocycles. The third-order valence-corrected chi connectivity index (χ3v) is 6.16. The van der Waals surface area contributed by atoms with Crippen LogP contribution in [0, 0.1) is 0 Å². The van der Waals surface area contributed by atoms with Gasteiger partial charge in [0.2, 0.25) is 5.95 Å². The van der Waals surface area contributed by atoms with E-state index < -0.39 is 24.3 Å². The fourth-order valence-electron chi connectivity index (χ4n) is 4.43. The van der Waals surface area contributed by atoms with Crippen LogP contribution in [-0.2, 0) is 9.53 Å². The number of nitrogens with zero attached hydrogens (tertiary/aromatic N) is 4. The van der Waals surface area contributed by atoms with Gasteiger partial charge in [-0.3, -0.25) is 4.79 Å². The number of ether oxygens (including phenoxy) is 2. The first-order valence-electron chi connectivity index (χ1n) is 11.6. The van der Waals surface area contributed by atoms with Crippen LogP contribution in [0.15, 0.2) is 24.4 Å². The van der Waals surface area contributed by atoms with Gasteiger partial charge in [-0.05, 0) is 44.9 Å². The van der Waals surface area contributed by atoms with Gasteiger partial charge in [-0.1, -0.05) is 12.8 Å². The molecule has 0 unspecified atom stereocenters. The number of esters is 1. The van der Waals surface area contributed by atoms with E-state index in [4.69, 9.17) is 9.47 Å². The molecular weight excluding hydrogens is 460 g/mol. The predicted octanol–water partition coefficient (Wildman–Crippen LogP) is 4.15. The maximum absolute atomic E-state index is 14.8. The first kappa shape index (κ1) is 24.6. The summed E-state index contributed by atoms with van der Waals surface area (Å²) in [5.41, 5.74) is 1.02. The number of methoxy groups -OCH3 is 1. The molecule has 11 heteroatoms. The van der Waals surface area contributed by atoms with E-state index in [-0.39, 0.29) is 29.6 Å². The third-order valence-electron chi connectivity index (χ3n) is 6.16. The molecule has 1 aliphatic carbocycles. The number of aromatic nitrogens is 2. The lowest BCUT2D eigenvalue weighted by Crippen LogP contribution is -2.48. The van der Waals surface area contributed by atoms with E-state index in [0.29, 0.717) is 17.0 Å². The number of rotatable bonds is 6. The summed E-state index contributed by atoms with van der Waals surface area (Å²) in [7, 11) is 2.77. The highest BCUT2D eigenvalue weighted by Crippen LogP contribution is 2.40. The number of amides is 1. The second kappa shape index (κ2) is 9.63. The number of carbonyl (C=O) groups is 2. The maximum Gasteiger partial charge on any atom is 0.342 e. The number of anilines is 4. The Balaban J connectivity index is 1.68. The third kappa shape index (κ3) is 4.98. The molecule has 0 atom stereocenters. The van der Waals surface area contributed by atoms with Gasteiger partial charge in [-0.2, -0.15) is 13.8 Å². The number of hydrogen-bond acceptors (Lipinski definition) is 8. The Morgan fingerprint density at radius 3 is 2.63 bits per heavy atom. The minimum absolute atomic E-state index is 0.137. The van der Waals surface area contributed by atoms with Crippen molar-refractivity contribution in [2.45, 2.75) is 57.6 Å². The lowest BCUT2D eigenvalue weighted by Gasteiger charge is -2.31. The second-order valence-corrected chi connectivity index (χ2v) is 9.03. The van der Waals surface area contributed by atoms with Gasteiger partial charge in [-0.15, -0.1) is 0 Å². The van der Waals surface area contributed by atoms with Gasteiger partial charge in [0.15, 0.2) is 5.82 Å². The number of nitrogens with one attached hydrogen (secondary N) is 1. The standard InChI is InChI=1S/C24H29F2N5O4/c1-14(2)35-21(32)15-9-10-17(19(11-15)34-4)28-23-27-12-18-20(29-23)31(16-7-5-6-8-16)13-24(25,26)22(33)30(18)3/h9-12,14,16H,5-8,13H2,1-4H3,(H,27,28,29). The number of benzene rings is 1. The lowest BCUT2D eigenvalue weighted by molar-refractivity contribution is -0.140. The highest BCUT2D eigenvalue weighted by molar-refractivity contribution is 6.02. The topological polar surface area (TPSA) is 96.9 Å². The first-order valence-corrected chi connectivity index (χ1v) is 11.6. The van der Waals surface area contributed by atoms with Crippen molar-refractivity contribution in [3.8, 4) is 5.75 Å². The molecule has 1 saturated carbocycles. The Morgan fingerprint density at radius 2 is 1.97 bits per heavy atom. The Kier molecular flexibility index (Phi) is 6.77. The summed E-state index contributed by atoms with van der Waals surface area (Å²) in [4.78, 5) is 35.9. The summed E-state index contributed by atoms with van der Waals surface area (Å²) in [6.07, 6.45) is 4.48. The van der Waals surface area contributed by atoms with Gasteiger partial charge in [0.1, 0.15) is 11.4 Å². The lowest BCUT2D eigenvalue weighted by atomic mass is 10.2. The number of hydrogen-bond donors (Lipinski definition) is 1. The van der Waals surface area contributed by atoms with Gasteiger partial charge in [0.05, 0.1) is 37.2 Å². The van der Waals surface area contributed by atoms with Crippen LogP contribution >= 0.6 is 0 Å². The average Bonchev–Trinajstić information content (AvgIpc) is 3.34. The normalized spacial score (nSPS) is 17.9. The van der Waals surface area contributed by atoms with Crippen LogP contribution in [0.1, 0.15) is 49.9 Å². The Morgan fingerprint density at radius 1 is 1.26 bits per heavy atom. The molecular formula is C24H29F2N5O4. The molecule has 9 nitrogen and oxygen atoms in total. The van der Waals surface area contributed by atoms with Crippen molar-refractivity contribution < 1.29 is 27.8 Å². The van der Waals surface area contributed by atoms with Crippen molar-refractivity contribution in [2.75, 3.05) is 35.8 Å². The SMILES string of the molecule is COc1cc(C(=O)OC(C)C)ccc1Nc1ncc2c(n1)N(C1CCCC1)CC(F)(F)C(=O)N2C. The molecule has 2 aliphatic rings. The van der Waals surface area contributed by atoms with Crippen molar-refractivity contribution in [2.24, 2.45) is 0 Å². The summed E-state index contributed by atoms with van der Waals surface area (Å²) >= 11 is 0. The highest BCUT2D eigenvalue weighted by Gasteiger charge is 2.48. The molecule has 1 N–H and O–H groups in total. The molecule has 2 aromatic rings. The Hall–Kier alpha value is -3.50. The van der Waals surface area contributed by atoms with Crippen molar-refractivity contribution in [3.63, 3.8) is 0 Å². The molecule has 0 radical (unpaired) electrons. The van der Waals surface area contributed by atoms with E-state index in [9.17, 15) is 18.4 Å². The molecule has 1 aliphatic heterocycles. The van der Waals surface area contributed by atoms with Crippen LogP contribution in [0.4, 0.5) is 31.9 Å². The van der Waals surface area contributed by atoms with Crippen LogP contribution in [0.2, 0.25) is 0 Å². The molecule has 2 heterocycles. The summed E-state index contributed by atoms with van der Waals surface area (Å²) in [6.45, 7) is 2.78. The van der Waals surface area contributed by atoms with Crippen LogP contribution in [0.3, 0.4) is 0 Å². The monoisotopic (exact) mass is 489 g/mol. The van der Waals surface area contributed by atoms with E-state index in [1.54, 1.807) is 30.9 Å². The second-order valence-electron chi connectivity index (χ2n) is 9.03. The van der Waals surface area contributed by atoms with Crippen molar-refractivity contribution in [3.05, 3.63) is 30.0 Å². The minimum Gasteiger partial charge on any atom is -0.495 e. The van der Waals surface area contributed by atoms with E-state index in [1.807, 2.05) is 0 Å². The summed E-state index contributed by atoms with van der Waals surface area (Å²) in [5, 5.41) is 3.04. The van der Waals surface area contributed by atoms with E-state index in [1.165, 1.54) is 26.4 Å². The van der Waals surface area contributed by atoms with Crippen LogP contribution < -0.4 is 19.9 Å². The smallest absolute Gasteiger partial charge is 0.342 e. The molecule has 1 amide bonds. The quantitative estimate of drug-likeness (QED) is 0.605. The zero-order valence-electron chi connectivity index (χ0n) is 20.2. The zero-order chi connectivity index (χ0) is 25.3. The molecule has 1 aromatic heterocycles. The van der Waals surface area contributed by atoms with Gasteiger partial charge < -0.3 is 24.6 Å². The first-order chi connectivity index (χ1) is 16.6. The Labute approximate surface area is 202 Å². The molecule has 0 saturated heterocycles. The van der Waals surface area contributed by atoms with E-state index in [0.717, 1.165) is 30.6 Å².